The number of anilines is 1. The van der Waals surface area contributed by atoms with Crippen LogP contribution < -0.4 is 52.6 Å². The first-order chi connectivity index (χ1) is 37.4. The Balaban J connectivity index is 1.55. The number of fused-ring (bicyclic) bond motifs is 5. The van der Waals surface area contributed by atoms with Crippen LogP contribution in [0.4, 0.5) is 20.1 Å². The van der Waals surface area contributed by atoms with E-state index in [9.17, 15) is 33.9 Å². The first-order valence-electron chi connectivity index (χ1n) is 26.5. The summed E-state index contributed by atoms with van der Waals surface area (Å²) in [7, 11) is 4.44. The van der Waals surface area contributed by atoms with E-state index in [4.69, 9.17) is 41.0 Å². The van der Waals surface area contributed by atoms with Crippen LogP contribution in [0.25, 0.3) is 0 Å². The highest BCUT2D eigenvalue weighted by molar-refractivity contribution is 9.09. The zero-order chi connectivity index (χ0) is 58.6. The standard InChI is InChI=1S/C55H82Br2ClN9O12/c1-11-37(64-49(69)39(18-16-24-62-51(59)71)65-50(70)47(32(2)3)61-23-14-12-13-22-60-38(30-56)31-57)21-20-34(5)63-52(72)78-44-28-45(68)67(8)40-26-36(27-41(75-9)46(40)58)25-33(4)17-15-19-43(76-10)55(74)29-42(77-53(73)66-55)35(6)48-54(44,7)79-48/h11,15,17,19-21,26-27,32,35,38-39,42-44,47-48,60-61,74H,1,12-14,16,18,22-25,28-31H2,2-10H3,(H,63,72)(H,64,69)(H,65,70)(H,66,73)(H3,59,62,71)/b19-15+,33-17+,34-20+,37-21+/t35-,39+,42+,43-,44+,47+,48+,54+,55+/m1/s1. The van der Waals surface area contributed by atoms with Gasteiger partial charge in [0.25, 0.3) is 0 Å². The van der Waals surface area contributed by atoms with E-state index in [0.29, 0.717) is 36.9 Å². The second-order valence-corrected chi connectivity index (χ2v) is 22.3. The second kappa shape index (κ2) is 31.8. The van der Waals surface area contributed by atoms with Gasteiger partial charge in [0.1, 0.15) is 40.7 Å². The normalized spacial score (nSPS) is 25.6. The van der Waals surface area contributed by atoms with Crippen LogP contribution in [0.1, 0.15) is 92.1 Å². The third kappa shape index (κ3) is 19.9. The number of allylic oxidation sites excluding steroid dienone is 7. The number of nitrogens with two attached hydrogens (primary N) is 1. The van der Waals surface area contributed by atoms with Gasteiger partial charge in [-0.3, -0.25) is 25.0 Å². The number of rotatable bonds is 25. The van der Waals surface area contributed by atoms with E-state index in [1.165, 1.54) is 37.3 Å². The largest absolute Gasteiger partial charge is 0.495 e. The Morgan fingerprint density at radius 3 is 2.37 bits per heavy atom. The first-order valence-corrected chi connectivity index (χ1v) is 29.2. The lowest BCUT2D eigenvalue weighted by Crippen LogP contribution is -2.63. The summed E-state index contributed by atoms with van der Waals surface area (Å²) in [4.78, 5) is 81.8. The van der Waals surface area contributed by atoms with Crippen molar-refractivity contribution in [3.8, 4) is 5.75 Å². The molecule has 79 heavy (non-hydrogen) atoms. The molecule has 0 radical (unpaired) electrons. The van der Waals surface area contributed by atoms with Crippen LogP contribution in [-0.4, -0.2) is 146 Å². The van der Waals surface area contributed by atoms with Crippen molar-refractivity contribution in [2.75, 3.05) is 56.5 Å². The minimum atomic E-state index is -1.88. The Labute approximate surface area is 486 Å². The summed E-state index contributed by atoms with van der Waals surface area (Å²) in [5.41, 5.74) is 4.60. The van der Waals surface area contributed by atoms with Gasteiger partial charge in [-0.25, -0.2) is 14.4 Å². The fraction of sp³-hybridized carbons (Fsp3) is 0.600. The van der Waals surface area contributed by atoms with Gasteiger partial charge in [0.05, 0.1) is 31.4 Å². The highest BCUT2D eigenvalue weighted by Gasteiger charge is 2.64. The average Bonchev–Trinajstić information content (AvgIpc) is 4.10. The van der Waals surface area contributed by atoms with Gasteiger partial charge in [-0.2, -0.15) is 0 Å². The highest BCUT2D eigenvalue weighted by Crippen LogP contribution is 2.49. The number of hydrogen-bond acceptors (Lipinski definition) is 14. The van der Waals surface area contributed by atoms with Crippen molar-refractivity contribution < 1.29 is 57.6 Å². The number of carbonyl (C=O) groups is 6. The number of carbonyl (C=O) groups excluding carboxylic acids is 6. The third-order valence-electron chi connectivity index (χ3n) is 14.1. The molecule has 7 amide bonds. The van der Waals surface area contributed by atoms with E-state index in [-0.39, 0.29) is 54.0 Å². The number of primary amides is 1. The Bertz CT molecular complexity index is 2420. The number of alkyl carbamates (subject to hydrolysis) is 2. The van der Waals surface area contributed by atoms with Crippen molar-refractivity contribution in [3.63, 3.8) is 0 Å². The molecule has 0 aromatic heterocycles. The van der Waals surface area contributed by atoms with Gasteiger partial charge >= 0.3 is 18.2 Å². The van der Waals surface area contributed by atoms with Crippen LogP contribution in [-0.2, 0) is 39.8 Å². The molecule has 4 bridgehead atoms. The number of benzene rings is 1. The van der Waals surface area contributed by atoms with Gasteiger partial charge in [0.15, 0.2) is 5.72 Å². The molecule has 3 aliphatic rings. The summed E-state index contributed by atoms with van der Waals surface area (Å²) in [6.45, 7) is 16.3. The van der Waals surface area contributed by atoms with Gasteiger partial charge in [-0.1, -0.05) is 101 Å². The number of nitrogens with zero attached hydrogens (tertiary/aromatic N) is 1. The molecule has 2 saturated heterocycles. The molecular weight excluding hydrogens is 1170 g/mol. The maximum Gasteiger partial charge on any atom is 0.411 e. The SMILES string of the molecule is C=C/C(=C\C=C(/C)NC(=O)O[C@H]1CC(=O)N(C)c2cc(cc(OC)c2Cl)C/C(C)=C/C=C/[C@@H](OC)[C@@]2(O)C[C@H](OC(=O)N2)[C@@H](C)[C@@H]2O[C@@]12C)NC(=O)[C@H](CCCNC(N)=O)NC(=O)[C@@H](NCCCCCNC(CBr)CBr)C(C)C. The topological polar surface area (TPSA) is 286 Å². The number of amides is 7. The zero-order valence-electron chi connectivity index (χ0n) is 46.8. The van der Waals surface area contributed by atoms with E-state index in [1.54, 1.807) is 52.1 Å². The Hall–Kier alpha value is -5.01. The third-order valence-corrected chi connectivity index (χ3v) is 16.0. The average molecular weight is 1260 g/mol. The van der Waals surface area contributed by atoms with Crippen LogP contribution in [0.2, 0.25) is 5.02 Å². The molecule has 3 aliphatic heterocycles. The van der Waals surface area contributed by atoms with Gasteiger partial charge in [-0.15, -0.1) is 0 Å². The molecule has 9 atom stereocenters. The highest BCUT2D eigenvalue weighted by atomic mass is 79.9. The number of aliphatic hydroxyl groups is 1. The fourth-order valence-corrected chi connectivity index (χ4v) is 11.2. The summed E-state index contributed by atoms with van der Waals surface area (Å²) in [6.07, 6.45) is 7.13. The van der Waals surface area contributed by atoms with Crippen molar-refractivity contribution in [3.05, 3.63) is 82.7 Å². The molecule has 2 fully saturated rings. The molecular formula is C55H82Br2ClN9O12. The van der Waals surface area contributed by atoms with E-state index in [2.05, 4.69) is 75.7 Å². The number of nitrogens with one attached hydrogen (secondary N) is 7. The lowest BCUT2D eigenvalue weighted by Gasteiger charge is -2.42. The summed E-state index contributed by atoms with van der Waals surface area (Å²) in [5.74, 6) is -1.75. The summed E-state index contributed by atoms with van der Waals surface area (Å²) in [5, 5.41) is 34.0. The quantitative estimate of drug-likeness (QED) is 0.0222. The predicted molar refractivity (Wildman–Crippen MR) is 311 cm³/mol. The van der Waals surface area contributed by atoms with Crippen molar-refractivity contribution in [2.45, 2.75) is 147 Å². The summed E-state index contributed by atoms with van der Waals surface area (Å²) >= 11 is 13.8. The van der Waals surface area contributed by atoms with Crippen molar-refractivity contribution in [1.82, 2.24) is 37.2 Å². The molecule has 10 N–H and O–H groups in total. The maximum absolute atomic E-state index is 14.4. The number of alkyl halides is 2. The van der Waals surface area contributed by atoms with Crippen LogP contribution in [0.15, 0.2) is 72.1 Å². The van der Waals surface area contributed by atoms with E-state index in [0.717, 1.165) is 47.6 Å². The van der Waals surface area contributed by atoms with Crippen LogP contribution in [0.3, 0.4) is 0 Å². The monoisotopic (exact) mass is 1250 g/mol. The molecule has 24 heteroatoms. The van der Waals surface area contributed by atoms with Crippen LogP contribution in [0.5, 0.6) is 5.75 Å². The first kappa shape index (κ1) is 66.5. The van der Waals surface area contributed by atoms with Crippen molar-refractivity contribution >= 4 is 85.1 Å². The van der Waals surface area contributed by atoms with Crippen molar-refractivity contribution in [2.24, 2.45) is 17.6 Å². The number of epoxide rings is 1. The van der Waals surface area contributed by atoms with E-state index >= 15 is 0 Å². The number of halogens is 3. The number of unbranched alkanes of at least 4 members (excludes halogenated alkanes) is 2. The maximum atomic E-state index is 14.4. The Morgan fingerprint density at radius 1 is 1.04 bits per heavy atom. The molecule has 440 valence electrons. The van der Waals surface area contributed by atoms with Gasteiger partial charge in [0.2, 0.25) is 17.7 Å². The summed E-state index contributed by atoms with van der Waals surface area (Å²) in [6, 6.07) is 1.57. The predicted octanol–water partition coefficient (Wildman–Crippen LogP) is 6.41. The van der Waals surface area contributed by atoms with Gasteiger partial charge in [-0.05, 0) is 108 Å². The molecule has 0 spiro atoms. The lowest BCUT2D eigenvalue weighted by molar-refractivity contribution is -0.142. The van der Waals surface area contributed by atoms with Gasteiger partial charge < -0.3 is 66.0 Å². The van der Waals surface area contributed by atoms with Gasteiger partial charge in [0, 0.05) is 61.1 Å². The minimum Gasteiger partial charge on any atom is -0.495 e. The molecule has 1 aromatic rings. The molecule has 0 aliphatic carbocycles. The number of ether oxygens (including phenoxy) is 5. The van der Waals surface area contributed by atoms with E-state index in [1.807, 2.05) is 26.8 Å². The van der Waals surface area contributed by atoms with Crippen LogP contribution >= 0.6 is 43.5 Å². The fourth-order valence-electron chi connectivity index (χ4n) is 9.39. The second-order valence-electron chi connectivity index (χ2n) is 20.7. The minimum absolute atomic E-state index is 0.0978. The number of methoxy groups -OCH3 is 2. The molecule has 1 aromatic carbocycles. The molecule has 0 unspecified atom stereocenters. The zero-order valence-corrected chi connectivity index (χ0v) is 50.7. The molecule has 0 saturated carbocycles. The lowest BCUT2D eigenvalue weighted by atomic mass is 9.83. The smallest absolute Gasteiger partial charge is 0.411 e. The van der Waals surface area contributed by atoms with E-state index < -0.39 is 83.8 Å². The van der Waals surface area contributed by atoms with Crippen molar-refractivity contribution in [1.29, 1.82) is 0 Å². The number of urea groups is 1. The summed E-state index contributed by atoms with van der Waals surface area (Å²) < 4.78 is 29.4. The molecule has 4 rings (SSSR count). The van der Waals surface area contributed by atoms with Crippen LogP contribution in [0, 0.1) is 11.8 Å². The Morgan fingerprint density at radius 2 is 1.73 bits per heavy atom. The number of hydrogen-bond donors (Lipinski definition) is 9. The molecule has 3 heterocycles. The molecule has 21 nitrogen and oxygen atoms in total. The Kier molecular flexibility index (Phi) is 26.8.